The molecular weight excluding hydrogens is 314 g/mol. The Kier molecular flexibility index (Phi) is 4.57. The molecule has 1 aliphatic rings. The van der Waals surface area contributed by atoms with Crippen molar-refractivity contribution in [2.45, 2.75) is 39.3 Å². The third-order valence-corrected chi connectivity index (χ3v) is 4.21. The van der Waals surface area contributed by atoms with E-state index in [2.05, 4.69) is 10.4 Å². The van der Waals surface area contributed by atoms with E-state index in [1.165, 1.54) is 0 Å². The fourth-order valence-corrected chi connectivity index (χ4v) is 3.10. The van der Waals surface area contributed by atoms with Crippen LogP contribution in [-0.2, 0) is 24.2 Å². The van der Waals surface area contributed by atoms with Gasteiger partial charge in [-0.15, -0.1) is 0 Å². The van der Waals surface area contributed by atoms with Gasteiger partial charge in [0, 0.05) is 29.7 Å². The second-order valence-corrected chi connectivity index (χ2v) is 6.19. The van der Waals surface area contributed by atoms with Gasteiger partial charge < -0.3 is 10.1 Å². The molecule has 1 aromatic carbocycles. The van der Waals surface area contributed by atoms with E-state index in [1.54, 1.807) is 6.20 Å². The van der Waals surface area contributed by atoms with E-state index in [1.807, 2.05) is 36.9 Å². The summed E-state index contributed by atoms with van der Waals surface area (Å²) in [6.07, 6.45) is 4.80. The molecule has 1 aliphatic heterocycles. The molecule has 0 saturated carbocycles. The van der Waals surface area contributed by atoms with Crippen LogP contribution in [0.3, 0.4) is 0 Å². The Morgan fingerprint density at radius 2 is 2.35 bits per heavy atom. The minimum Gasteiger partial charge on any atom is -0.493 e. The minimum absolute atomic E-state index is 0.0418. The lowest BCUT2D eigenvalue weighted by molar-refractivity contribution is -0.121. The predicted octanol–water partition coefficient (Wildman–Crippen LogP) is 2.91. The lowest BCUT2D eigenvalue weighted by Gasteiger charge is -2.17. The van der Waals surface area contributed by atoms with Gasteiger partial charge in [-0.2, -0.15) is 5.10 Å². The van der Waals surface area contributed by atoms with Crippen LogP contribution in [0.2, 0.25) is 5.02 Å². The van der Waals surface area contributed by atoms with Crippen molar-refractivity contribution in [1.82, 2.24) is 15.1 Å². The summed E-state index contributed by atoms with van der Waals surface area (Å²) in [5, 5.41) is 7.87. The molecule has 1 unspecified atom stereocenters. The zero-order valence-corrected chi connectivity index (χ0v) is 14.1. The van der Waals surface area contributed by atoms with Crippen LogP contribution in [0.5, 0.6) is 5.75 Å². The lowest BCUT2D eigenvalue weighted by atomic mass is 10.0. The summed E-state index contributed by atoms with van der Waals surface area (Å²) in [4.78, 5) is 12.3. The first kappa shape index (κ1) is 15.9. The molecule has 0 radical (unpaired) electrons. The van der Waals surface area contributed by atoms with Crippen molar-refractivity contribution in [1.29, 1.82) is 0 Å². The molecule has 1 N–H and O–H groups in total. The van der Waals surface area contributed by atoms with Gasteiger partial charge in [-0.25, -0.2) is 0 Å². The first-order valence-corrected chi connectivity index (χ1v) is 8.20. The number of ether oxygens (including phenoxy) is 1. The molecule has 0 saturated heterocycles. The van der Waals surface area contributed by atoms with E-state index >= 15 is 0 Å². The fraction of sp³-hybridized carbons (Fsp3) is 0.412. The Labute approximate surface area is 140 Å². The number of nitrogens with zero attached hydrogens (tertiary/aromatic N) is 2. The van der Waals surface area contributed by atoms with Crippen LogP contribution < -0.4 is 10.1 Å². The van der Waals surface area contributed by atoms with Gasteiger partial charge in [0.25, 0.3) is 0 Å². The third-order valence-electron chi connectivity index (χ3n) is 4.00. The van der Waals surface area contributed by atoms with Gasteiger partial charge in [-0.05, 0) is 37.1 Å². The minimum atomic E-state index is -0.158. The Balaban J connectivity index is 1.69. The number of rotatable bonds is 5. The second-order valence-electron chi connectivity index (χ2n) is 5.75. The molecule has 2 aromatic rings. The lowest BCUT2D eigenvalue weighted by Crippen LogP contribution is -2.28. The van der Waals surface area contributed by atoms with Gasteiger partial charge in [0.15, 0.2) is 0 Å². The normalized spacial score (nSPS) is 14.2. The van der Waals surface area contributed by atoms with Gasteiger partial charge in [0.1, 0.15) is 5.75 Å². The third kappa shape index (κ3) is 3.50. The maximum absolute atomic E-state index is 12.3. The number of aryl methyl sites for hydroxylation is 1. The Morgan fingerprint density at radius 3 is 3.09 bits per heavy atom. The second kappa shape index (κ2) is 6.62. The van der Waals surface area contributed by atoms with Gasteiger partial charge in [-0.1, -0.05) is 11.6 Å². The average molecular weight is 334 g/mol. The van der Waals surface area contributed by atoms with Gasteiger partial charge in [-0.3, -0.25) is 9.48 Å². The summed E-state index contributed by atoms with van der Waals surface area (Å²) in [7, 11) is 0. The number of benzene rings is 1. The molecule has 0 aliphatic carbocycles. The molecule has 0 bridgehead atoms. The van der Waals surface area contributed by atoms with Crippen molar-refractivity contribution < 1.29 is 9.53 Å². The molecule has 0 fully saturated rings. The molecule has 1 aromatic heterocycles. The van der Waals surface area contributed by atoms with Crippen LogP contribution in [0.25, 0.3) is 0 Å². The SMILES string of the molecule is CCn1cc(CC(=O)NC(C)c2cc(Cl)cc3c2OCC3)cn1. The van der Waals surface area contributed by atoms with Gasteiger partial charge >= 0.3 is 0 Å². The number of halogens is 1. The molecule has 122 valence electrons. The Morgan fingerprint density at radius 1 is 1.52 bits per heavy atom. The van der Waals surface area contributed by atoms with Gasteiger partial charge in [0.2, 0.25) is 5.91 Å². The van der Waals surface area contributed by atoms with E-state index in [4.69, 9.17) is 16.3 Å². The molecule has 6 heteroatoms. The Hall–Kier alpha value is -2.01. The summed E-state index contributed by atoms with van der Waals surface area (Å²) >= 11 is 6.18. The highest BCUT2D eigenvalue weighted by Gasteiger charge is 2.22. The van der Waals surface area contributed by atoms with Crippen LogP contribution in [0, 0.1) is 0 Å². The first-order valence-electron chi connectivity index (χ1n) is 7.82. The molecule has 0 spiro atoms. The van der Waals surface area contributed by atoms with Crippen molar-refractivity contribution in [2.75, 3.05) is 6.61 Å². The fourth-order valence-electron chi connectivity index (χ4n) is 2.85. The molecule has 5 nitrogen and oxygen atoms in total. The zero-order valence-electron chi connectivity index (χ0n) is 13.3. The van der Waals surface area contributed by atoms with Gasteiger partial charge in [0.05, 0.1) is 25.3 Å². The number of nitrogens with one attached hydrogen (secondary N) is 1. The highest BCUT2D eigenvalue weighted by atomic mass is 35.5. The van der Waals surface area contributed by atoms with E-state index in [9.17, 15) is 4.79 Å². The number of aromatic nitrogens is 2. The van der Waals surface area contributed by atoms with E-state index in [0.717, 1.165) is 35.4 Å². The van der Waals surface area contributed by atoms with Crippen molar-refractivity contribution >= 4 is 17.5 Å². The number of amides is 1. The molecule has 23 heavy (non-hydrogen) atoms. The van der Waals surface area contributed by atoms with Crippen LogP contribution in [-0.4, -0.2) is 22.3 Å². The number of fused-ring (bicyclic) bond motifs is 1. The van der Waals surface area contributed by atoms with Crippen LogP contribution in [0.1, 0.15) is 36.6 Å². The number of hydrogen-bond donors (Lipinski definition) is 1. The molecule has 2 heterocycles. The molecular formula is C17H20ClN3O2. The topological polar surface area (TPSA) is 56.2 Å². The predicted molar refractivity (Wildman–Crippen MR) is 88.8 cm³/mol. The Bertz CT molecular complexity index is 727. The maximum atomic E-state index is 12.3. The number of carbonyl (C=O) groups is 1. The number of hydrogen-bond acceptors (Lipinski definition) is 3. The summed E-state index contributed by atoms with van der Waals surface area (Å²) in [5.74, 6) is 0.820. The van der Waals surface area contributed by atoms with Crippen LogP contribution in [0.15, 0.2) is 24.5 Å². The molecule has 1 amide bonds. The maximum Gasteiger partial charge on any atom is 0.225 e. The summed E-state index contributed by atoms with van der Waals surface area (Å²) < 4.78 is 7.51. The first-order chi connectivity index (χ1) is 11.1. The van der Waals surface area contributed by atoms with Crippen LogP contribution >= 0.6 is 11.6 Å². The monoisotopic (exact) mass is 333 g/mol. The van der Waals surface area contributed by atoms with Crippen LogP contribution in [0.4, 0.5) is 0 Å². The zero-order chi connectivity index (χ0) is 16.4. The molecule has 1 atom stereocenters. The van der Waals surface area contributed by atoms with E-state index in [0.29, 0.717) is 18.1 Å². The van der Waals surface area contributed by atoms with E-state index in [-0.39, 0.29) is 11.9 Å². The van der Waals surface area contributed by atoms with Crippen molar-refractivity contribution in [3.8, 4) is 5.75 Å². The smallest absolute Gasteiger partial charge is 0.225 e. The average Bonchev–Trinajstić information content (AvgIpc) is 3.14. The summed E-state index contributed by atoms with van der Waals surface area (Å²) in [5.41, 5.74) is 2.95. The quantitative estimate of drug-likeness (QED) is 0.915. The van der Waals surface area contributed by atoms with Crippen molar-refractivity contribution in [3.63, 3.8) is 0 Å². The van der Waals surface area contributed by atoms with E-state index < -0.39 is 0 Å². The van der Waals surface area contributed by atoms with Crippen molar-refractivity contribution in [3.05, 3.63) is 46.2 Å². The standard InChI is InChI=1S/C17H20ClN3O2/c1-3-21-10-12(9-19-21)6-16(22)20-11(2)15-8-14(18)7-13-4-5-23-17(13)15/h7-11H,3-6H2,1-2H3,(H,20,22). The largest absolute Gasteiger partial charge is 0.493 e. The summed E-state index contributed by atoms with van der Waals surface area (Å²) in [6.45, 7) is 5.42. The van der Waals surface area contributed by atoms with Crippen molar-refractivity contribution in [2.24, 2.45) is 0 Å². The molecule has 3 rings (SSSR count). The highest BCUT2D eigenvalue weighted by molar-refractivity contribution is 6.30. The number of carbonyl (C=O) groups excluding carboxylic acids is 1. The highest BCUT2D eigenvalue weighted by Crippen LogP contribution is 2.36. The summed E-state index contributed by atoms with van der Waals surface area (Å²) in [6, 6.07) is 3.64.